The average Bonchev–Trinajstić information content (AvgIpc) is 3.18. The van der Waals surface area contributed by atoms with Gasteiger partial charge in [0.2, 0.25) is 5.91 Å². The first-order chi connectivity index (χ1) is 10.6. The molecule has 22 heavy (non-hydrogen) atoms. The normalized spacial score (nSPS) is 18.3. The van der Waals surface area contributed by atoms with Gasteiger partial charge in [0.05, 0.1) is 6.04 Å². The van der Waals surface area contributed by atoms with Crippen LogP contribution in [0.3, 0.4) is 0 Å². The van der Waals surface area contributed by atoms with Gasteiger partial charge in [-0.3, -0.25) is 14.8 Å². The number of anilines is 1. The second-order valence-electron chi connectivity index (χ2n) is 5.81. The number of carbonyl (C=O) groups is 1. The van der Waals surface area contributed by atoms with E-state index in [1.165, 1.54) is 5.69 Å². The van der Waals surface area contributed by atoms with Gasteiger partial charge in [-0.1, -0.05) is 5.16 Å². The second kappa shape index (κ2) is 6.31. The zero-order valence-corrected chi connectivity index (χ0v) is 12.9. The fourth-order valence-corrected chi connectivity index (χ4v) is 2.91. The van der Waals surface area contributed by atoms with Crippen LogP contribution in [-0.4, -0.2) is 45.3 Å². The van der Waals surface area contributed by atoms with Crippen molar-refractivity contribution >= 4 is 11.7 Å². The van der Waals surface area contributed by atoms with Crippen LogP contribution in [0.4, 0.5) is 5.82 Å². The summed E-state index contributed by atoms with van der Waals surface area (Å²) >= 11 is 0. The van der Waals surface area contributed by atoms with E-state index in [-0.39, 0.29) is 11.9 Å². The molecule has 2 aromatic rings. The minimum absolute atomic E-state index is 0.0479. The van der Waals surface area contributed by atoms with Gasteiger partial charge in [-0.05, 0) is 45.8 Å². The van der Waals surface area contributed by atoms with Crippen LogP contribution in [0.5, 0.6) is 0 Å². The Kier molecular flexibility index (Phi) is 4.24. The smallest absolute Gasteiger partial charge is 0.242 e. The highest BCUT2D eigenvalue weighted by molar-refractivity contribution is 5.93. The van der Waals surface area contributed by atoms with Gasteiger partial charge in [-0.15, -0.1) is 0 Å². The molecule has 7 heteroatoms. The van der Waals surface area contributed by atoms with Crippen LogP contribution >= 0.6 is 0 Å². The molecule has 0 saturated carbocycles. The van der Waals surface area contributed by atoms with Crippen molar-refractivity contribution in [3.8, 4) is 0 Å². The summed E-state index contributed by atoms with van der Waals surface area (Å²) in [5.74, 6) is 1.62. The van der Waals surface area contributed by atoms with Crippen LogP contribution in [0.15, 0.2) is 22.9 Å². The van der Waals surface area contributed by atoms with Crippen molar-refractivity contribution in [1.29, 1.82) is 0 Å². The topological polar surface area (TPSA) is 87.0 Å². The molecule has 1 saturated heterocycles. The molecule has 0 aliphatic carbocycles. The van der Waals surface area contributed by atoms with Crippen LogP contribution in [0.2, 0.25) is 0 Å². The zero-order valence-electron chi connectivity index (χ0n) is 12.9. The van der Waals surface area contributed by atoms with E-state index in [1.807, 2.05) is 13.0 Å². The molecule has 1 unspecified atom stereocenters. The Balaban J connectivity index is 1.53. The Hall–Kier alpha value is -2.15. The predicted molar refractivity (Wildman–Crippen MR) is 81.5 cm³/mol. The molecular formula is C15H21N5O2. The third-order valence-corrected chi connectivity index (χ3v) is 4.30. The predicted octanol–water partition coefficient (Wildman–Crippen LogP) is 1.91. The standard InChI is InChI=1S/C15H21N5O2/c1-10-9-14(19-22-10)17-15(21)11(2)20-7-4-12(5-8-20)13-3-6-16-18-13/h3,6,9,11-12H,4-5,7-8H2,1-2H3,(H,16,18)(H,17,19,21). The van der Waals surface area contributed by atoms with Crippen LogP contribution in [0.1, 0.15) is 37.1 Å². The molecule has 0 spiro atoms. The van der Waals surface area contributed by atoms with E-state index in [0.29, 0.717) is 17.5 Å². The fraction of sp³-hybridized carbons (Fsp3) is 0.533. The first-order valence-electron chi connectivity index (χ1n) is 7.61. The van der Waals surface area contributed by atoms with E-state index in [4.69, 9.17) is 4.52 Å². The van der Waals surface area contributed by atoms with Crippen LogP contribution in [0.25, 0.3) is 0 Å². The van der Waals surface area contributed by atoms with E-state index < -0.39 is 0 Å². The van der Waals surface area contributed by atoms with E-state index in [1.54, 1.807) is 19.2 Å². The number of carbonyl (C=O) groups excluding carboxylic acids is 1. The maximum absolute atomic E-state index is 12.3. The van der Waals surface area contributed by atoms with E-state index in [0.717, 1.165) is 25.9 Å². The maximum Gasteiger partial charge on any atom is 0.242 e. The molecule has 7 nitrogen and oxygen atoms in total. The molecular weight excluding hydrogens is 282 g/mol. The summed E-state index contributed by atoms with van der Waals surface area (Å²) in [7, 11) is 0. The molecule has 3 heterocycles. The maximum atomic E-state index is 12.3. The summed E-state index contributed by atoms with van der Waals surface area (Å²) in [4.78, 5) is 14.5. The molecule has 0 radical (unpaired) electrons. The van der Waals surface area contributed by atoms with Gasteiger partial charge < -0.3 is 9.84 Å². The highest BCUT2D eigenvalue weighted by atomic mass is 16.5. The van der Waals surface area contributed by atoms with E-state index in [9.17, 15) is 4.79 Å². The van der Waals surface area contributed by atoms with Gasteiger partial charge in [-0.2, -0.15) is 5.10 Å². The molecule has 2 aromatic heterocycles. The number of H-pyrrole nitrogens is 1. The summed E-state index contributed by atoms with van der Waals surface area (Å²) in [6, 6.07) is 3.57. The Morgan fingerprint density at radius 1 is 1.50 bits per heavy atom. The molecule has 118 valence electrons. The number of aryl methyl sites for hydroxylation is 1. The number of nitrogens with one attached hydrogen (secondary N) is 2. The van der Waals surface area contributed by atoms with Gasteiger partial charge in [0.1, 0.15) is 5.76 Å². The van der Waals surface area contributed by atoms with Gasteiger partial charge >= 0.3 is 0 Å². The number of likely N-dealkylation sites (tertiary alicyclic amines) is 1. The van der Waals surface area contributed by atoms with Gasteiger partial charge in [0.15, 0.2) is 5.82 Å². The first-order valence-corrected chi connectivity index (χ1v) is 7.61. The van der Waals surface area contributed by atoms with E-state index >= 15 is 0 Å². The van der Waals surface area contributed by atoms with Gasteiger partial charge in [-0.25, -0.2) is 0 Å². The summed E-state index contributed by atoms with van der Waals surface area (Å²) in [6.45, 7) is 5.53. The average molecular weight is 303 g/mol. The number of nitrogens with zero attached hydrogens (tertiary/aromatic N) is 3. The van der Waals surface area contributed by atoms with Crippen LogP contribution < -0.4 is 5.32 Å². The number of hydrogen-bond acceptors (Lipinski definition) is 5. The van der Waals surface area contributed by atoms with Crippen molar-refractivity contribution in [1.82, 2.24) is 20.3 Å². The lowest BCUT2D eigenvalue weighted by Crippen LogP contribution is -2.45. The molecule has 1 aliphatic rings. The largest absolute Gasteiger partial charge is 0.360 e. The Morgan fingerprint density at radius 3 is 2.86 bits per heavy atom. The fourth-order valence-electron chi connectivity index (χ4n) is 2.91. The number of aromatic amines is 1. The minimum Gasteiger partial charge on any atom is -0.360 e. The number of aromatic nitrogens is 3. The minimum atomic E-state index is -0.181. The third kappa shape index (κ3) is 3.19. The third-order valence-electron chi connectivity index (χ3n) is 4.30. The van der Waals surface area contributed by atoms with Crippen molar-refractivity contribution in [2.75, 3.05) is 18.4 Å². The van der Waals surface area contributed by atoms with Gasteiger partial charge in [0, 0.05) is 23.9 Å². The number of hydrogen-bond donors (Lipinski definition) is 2. The lowest BCUT2D eigenvalue weighted by molar-refractivity contribution is -0.121. The van der Waals surface area contributed by atoms with E-state index in [2.05, 4.69) is 25.6 Å². The number of rotatable bonds is 4. The monoisotopic (exact) mass is 303 g/mol. The second-order valence-corrected chi connectivity index (χ2v) is 5.81. The summed E-state index contributed by atoms with van der Waals surface area (Å²) < 4.78 is 4.96. The highest BCUT2D eigenvalue weighted by Crippen LogP contribution is 2.27. The molecule has 3 rings (SSSR count). The van der Waals surface area contributed by atoms with Gasteiger partial charge in [0.25, 0.3) is 0 Å². The summed E-state index contributed by atoms with van der Waals surface area (Å²) in [5.41, 5.74) is 1.19. The van der Waals surface area contributed by atoms with Crippen molar-refractivity contribution < 1.29 is 9.32 Å². The lowest BCUT2D eigenvalue weighted by Gasteiger charge is -2.34. The van der Waals surface area contributed by atoms with Crippen molar-refractivity contribution in [3.05, 3.63) is 29.8 Å². The Bertz CT molecular complexity index is 614. The summed E-state index contributed by atoms with van der Waals surface area (Å²) in [5, 5.41) is 13.6. The molecule has 1 amide bonds. The SMILES string of the molecule is Cc1cc(NC(=O)C(C)N2CCC(c3ccn[nH]3)CC2)no1. The van der Waals surface area contributed by atoms with Crippen molar-refractivity contribution in [3.63, 3.8) is 0 Å². The molecule has 1 fully saturated rings. The molecule has 0 aromatic carbocycles. The quantitative estimate of drug-likeness (QED) is 0.901. The zero-order chi connectivity index (χ0) is 15.5. The number of piperidine rings is 1. The Labute approximate surface area is 129 Å². The highest BCUT2D eigenvalue weighted by Gasteiger charge is 2.28. The summed E-state index contributed by atoms with van der Waals surface area (Å²) in [6.07, 6.45) is 3.85. The molecule has 2 N–H and O–H groups in total. The lowest BCUT2D eigenvalue weighted by atomic mass is 9.93. The molecule has 0 bridgehead atoms. The Morgan fingerprint density at radius 2 is 2.27 bits per heavy atom. The van der Waals surface area contributed by atoms with Crippen molar-refractivity contribution in [2.45, 2.75) is 38.6 Å². The van der Waals surface area contributed by atoms with Crippen LogP contribution in [0, 0.1) is 6.92 Å². The molecule has 1 atom stereocenters. The first kappa shape index (κ1) is 14.8. The van der Waals surface area contributed by atoms with Crippen LogP contribution in [-0.2, 0) is 4.79 Å². The van der Waals surface area contributed by atoms with Crippen molar-refractivity contribution in [2.24, 2.45) is 0 Å². The number of amides is 1. The molecule has 1 aliphatic heterocycles.